The molecule has 2 aromatic carbocycles. The number of amides is 1. The van der Waals surface area contributed by atoms with E-state index in [-0.39, 0.29) is 12.5 Å². The average molecular weight is 447 g/mol. The summed E-state index contributed by atoms with van der Waals surface area (Å²) in [7, 11) is 4.42. The number of nitrogens with zero attached hydrogens (tertiary/aromatic N) is 2. The van der Waals surface area contributed by atoms with Gasteiger partial charge in [-0.3, -0.25) is 9.59 Å². The lowest BCUT2D eigenvalue weighted by atomic mass is 10.3. The van der Waals surface area contributed by atoms with Crippen LogP contribution in [0.25, 0.3) is 10.2 Å². The van der Waals surface area contributed by atoms with E-state index in [0.29, 0.717) is 34.0 Å². The second-order valence-electron chi connectivity index (χ2n) is 6.14. The highest BCUT2D eigenvalue weighted by atomic mass is 32.2. The minimum atomic E-state index is -0.432. The lowest BCUT2D eigenvalue weighted by molar-refractivity contribution is -0.141. The van der Waals surface area contributed by atoms with Crippen LogP contribution in [-0.2, 0) is 20.9 Å². The summed E-state index contributed by atoms with van der Waals surface area (Å²) in [5.74, 6) is 1.03. The van der Waals surface area contributed by atoms with Gasteiger partial charge in [0.1, 0.15) is 6.54 Å². The van der Waals surface area contributed by atoms with Gasteiger partial charge in [0.25, 0.3) is 0 Å². The van der Waals surface area contributed by atoms with E-state index in [9.17, 15) is 9.59 Å². The fourth-order valence-corrected chi connectivity index (χ4v) is 4.68. The Balaban J connectivity index is 1.90. The molecule has 1 heterocycles. The number of esters is 1. The summed E-state index contributed by atoms with van der Waals surface area (Å²) in [6.45, 7) is -0.0587. The molecule has 3 aromatic rings. The van der Waals surface area contributed by atoms with E-state index in [1.54, 1.807) is 42.7 Å². The molecule has 7 nitrogen and oxygen atoms in total. The van der Waals surface area contributed by atoms with Gasteiger partial charge in [0.2, 0.25) is 5.91 Å². The summed E-state index contributed by atoms with van der Waals surface area (Å²) < 4.78 is 18.0. The zero-order valence-electron chi connectivity index (χ0n) is 16.9. The van der Waals surface area contributed by atoms with Crippen LogP contribution in [0.5, 0.6) is 11.5 Å². The third-order valence-electron chi connectivity index (χ3n) is 4.25. The molecule has 30 heavy (non-hydrogen) atoms. The number of thioether (sulfide) groups is 1. The summed E-state index contributed by atoms with van der Waals surface area (Å²) in [5.41, 5.74) is 0.716. The van der Waals surface area contributed by atoms with Crippen LogP contribution < -0.4 is 14.3 Å². The Hall–Kier alpha value is -2.78. The van der Waals surface area contributed by atoms with Crippen molar-refractivity contribution in [2.45, 2.75) is 17.9 Å². The Labute approximate surface area is 182 Å². The number of thiazole rings is 1. The van der Waals surface area contributed by atoms with Gasteiger partial charge in [-0.1, -0.05) is 29.5 Å². The zero-order valence-corrected chi connectivity index (χ0v) is 18.5. The number of fused-ring (bicyclic) bond motifs is 1. The highest BCUT2D eigenvalue weighted by Gasteiger charge is 2.15. The smallest absolute Gasteiger partial charge is 0.325 e. The molecule has 1 amide bonds. The summed E-state index contributed by atoms with van der Waals surface area (Å²) in [6.07, 6.45) is 0.290. The summed E-state index contributed by atoms with van der Waals surface area (Å²) >= 11 is 2.91. The SMILES string of the molecule is COC(=O)Cn1c(=NC(=O)CCSc2ccccc2)sc2cc(OC)c(OC)cc21. The number of hydrogen-bond donors (Lipinski definition) is 0. The predicted molar refractivity (Wildman–Crippen MR) is 117 cm³/mol. The van der Waals surface area contributed by atoms with Gasteiger partial charge in [0.05, 0.1) is 31.5 Å². The van der Waals surface area contributed by atoms with Crippen molar-refractivity contribution in [3.05, 3.63) is 47.3 Å². The van der Waals surface area contributed by atoms with Gasteiger partial charge < -0.3 is 18.8 Å². The van der Waals surface area contributed by atoms with Crippen LogP contribution in [0.2, 0.25) is 0 Å². The van der Waals surface area contributed by atoms with E-state index in [0.717, 1.165) is 9.60 Å². The lowest BCUT2D eigenvalue weighted by Crippen LogP contribution is -2.22. The molecule has 0 fully saturated rings. The fourth-order valence-electron chi connectivity index (χ4n) is 2.76. The van der Waals surface area contributed by atoms with Crippen LogP contribution in [0.4, 0.5) is 0 Å². The molecule has 0 spiro atoms. The molecular weight excluding hydrogens is 424 g/mol. The van der Waals surface area contributed by atoms with Crippen LogP contribution >= 0.6 is 23.1 Å². The van der Waals surface area contributed by atoms with Gasteiger partial charge in [-0.25, -0.2) is 0 Å². The maximum atomic E-state index is 12.5. The quantitative estimate of drug-likeness (QED) is 0.389. The summed E-state index contributed by atoms with van der Waals surface area (Å²) in [4.78, 5) is 30.2. The third-order valence-corrected chi connectivity index (χ3v) is 6.31. The number of hydrogen-bond acceptors (Lipinski definition) is 7. The van der Waals surface area contributed by atoms with Gasteiger partial charge in [-0.15, -0.1) is 11.8 Å². The van der Waals surface area contributed by atoms with Gasteiger partial charge in [0, 0.05) is 29.2 Å². The first-order valence-electron chi connectivity index (χ1n) is 9.13. The molecule has 0 unspecified atom stereocenters. The zero-order chi connectivity index (χ0) is 21.5. The molecule has 0 aliphatic heterocycles. The molecule has 9 heteroatoms. The predicted octanol–water partition coefficient (Wildman–Crippen LogP) is 3.50. The van der Waals surface area contributed by atoms with Gasteiger partial charge >= 0.3 is 5.97 Å². The minimum Gasteiger partial charge on any atom is -0.493 e. The molecule has 0 saturated carbocycles. The largest absolute Gasteiger partial charge is 0.493 e. The van der Waals surface area contributed by atoms with Gasteiger partial charge in [0.15, 0.2) is 16.3 Å². The van der Waals surface area contributed by atoms with E-state index < -0.39 is 5.97 Å². The van der Waals surface area contributed by atoms with Crippen LogP contribution in [0.1, 0.15) is 6.42 Å². The van der Waals surface area contributed by atoms with E-state index in [1.165, 1.54) is 18.4 Å². The number of methoxy groups -OCH3 is 3. The minimum absolute atomic E-state index is 0.0587. The fraction of sp³-hybridized carbons (Fsp3) is 0.286. The van der Waals surface area contributed by atoms with Gasteiger partial charge in [-0.2, -0.15) is 4.99 Å². The van der Waals surface area contributed by atoms with E-state index in [2.05, 4.69) is 4.99 Å². The Bertz CT molecular complexity index is 1110. The number of aromatic nitrogens is 1. The molecule has 0 radical (unpaired) electrons. The van der Waals surface area contributed by atoms with E-state index >= 15 is 0 Å². The van der Waals surface area contributed by atoms with Crippen molar-refractivity contribution >= 4 is 45.2 Å². The number of carbonyl (C=O) groups excluding carboxylic acids is 2. The molecule has 3 rings (SSSR count). The molecule has 0 saturated heterocycles. The summed E-state index contributed by atoms with van der Waals surface area (Å²) in [5, 5.41) is 0. The van der Waals surface area contributed by atoms with Crippen molar-refractivity contribution in [3.63, 3.8) is 0 Å². The summed E-state index contributed by atoms with van der Waals surface area (Å²) in [6, 6.07) is 13.5. The van der Waals surface area contributed by atoms with Crippen molar-refractivity contribution in [2.24, 2.45) is 4.99 Å². The lowest BCUT2D eigenvalue weighted by Gasteiger charge is -2.09. The van der Waals surface area contributed by atoms with Crippen LogP contribution in [-0.4, -0.2) is 43.5 Å². The van der Waals surface area contributed by atoms with Crippen molar-refractivity contribution < 1.29 is 23.8 Å². The second kappa shape index (κ2) is 10.3. The Morgan fingerprint density at radius 1 is 1.07 bits per heavy atom. The Morgan fingerprint density at radius 2 is 1.77 bits per heavy atom. The first kappa shape index (κ1) is 21.9. The van der Waals surface area contributed by atoms with Crippen molar-refractivity contribution in [2.75, 3.05) is 27.1 Å². The molecule has 0 aliphatic rings. The number of rotatable bonds is 8. The van der Waals surface area contributed by atoms with E-state index in [4.69, 9.17) is 14.2 Å². The maximum Gasteiger partial charge on any atom is 0.325 e. The molecule has 0 N–H and O–H groups in total. The number of carbonyl (C=O) groups is 2. The van der Waals surface area contributed by atoms with E-state index in [1.807, 2.05) is 30.3 Å². The molecule has 0 aliphatic carbocycles. The second-order valence-corrected chi connectivity index (χ2v) is 8.32. The standard InChI is InChI=1S/C21H22N2O5S2/c1-26-16-11-15-18(12-17(16)27-2)30-21(23(15)13-20(25)28-3)22-19(24)9-10-29-14-7-5-4-6-8-14/h4-8,11-12H,9-10,13H2,1-3H3. The van der Waals surface area contributed by atoms with Crippen LogP contribution in [0.3, 0.4) is 0 Å². The average Bonchev–Trinajstić information content (AvgIpc) is 3.08. The number of ether oxygens (including phenoxy) is 3. The Kier molecular flexibility index (Phi) is 7.53. The molecular formula is C21H22N2O5S2. The third kappa shape index (κ3) is 5.22. The highest BCUT2D eigenvalue weighted by molar-refractivity contribution is 7.99. The topological polar surface area (TPSA) is 79.1 Å². The highest BCUT2D eigenvalue weighted by Crippen LogP contribution is 2.33. The van der Waals surface area contributed by atoms with Crippen LogP contribution in [0.15, 0.2) is 52.4 Å². The first-order chi connectivity index (χ1) is 14.5. The molecule has 0 bridgehead atoms. The molecule has 1 aromatic heterocycles. The molecule has 158 valence electrons. The van der Waals surface area contributed by atoms with Crippen LogP contribution in [0, 0.1) is 0 Å². The van der Waals surface area contributed by atoms with Crippen molar-refractivity contribution in [3.8, 4) is 11.5 Å². The first-order valence-corrected chi connectivity index (χ1v) is 10.9. The maximum absolute atomic E-state index is 12.5. The normalized spacial score (nSPS) is 11.5. The monoisotopic (exact) mass is 446 g/mol. The van der Waals surface area contributed by atoms with Crippen molar-refractivity contribution in [1.29, 1.82) is 0 Å². The number of benzene rings is 2. The van der Waals surface area contributed by atoms with Gasteiger partial charge in [-0.05, 0) is 12.1 Å². The molecule has 0 atom stereocenters. The van der Waals surface area contributed by atoms with Crippen molar-refractivity contribution in [1.82, 2.24) is 4.57 Å². The Morgan fingerprint density at radius 3 is 2.43 bits per heavy atom.